The molecule has 4 N–H and O–H groups in total. The third-order valence-corrected chi connectivity index (χ3v) is 6.18. The van der Waals surface area contributed by atoms with Crippen LogP contribution in [0.2, 0.25) is 0 Å². The molecule has 1 amide bonds. The van der Waals surface area contributed by atoms with Gasteiger partial charge in [0, 0.05) is 11.6 Å². The summed E-state index contributed by atoms with van der Waals surface area (Å²) in [4.78, 5) is 13.0. The van der Waals surface area contributed by atoms with E-state index in [9.17, 15) is 23.8 Å². The maximum atomic E-state index is 14.5. The van der Waals surface area contributed by atoms with Crippen LogP contribution in [0.5, 0.6) is 11.5 Å². The lowest BCUT2D eigenvalue weighted by Gasteiger charge is -2.43. The van der Waals surface area contributed by atoms with Gasteiger partial charge in [-0.3, -0.25) is 4.79 Å². The Kier molecular flexibility index (Phi) is 10.2. The Hall–Kier alpha value is -3.53. The molecule has 0 aliphatic heterocycles. The molecule has 204 valence electrons. The van der Waals surface area contributed by atoms with Crippen LogP contribution < -0.4 is 15.2 Å². The molecular formula is C29H34F2N2O5. The highest BCUT2D eigenvalue weighted by Gasteiger charge is 2.39. The number of nitrogens with zero attached hydrogens (tertiary/aromatic N) is 1. The van der Waals surface area contributed by atoms with Gasteiger partial charge in [-0.25, -0.2) is 13.7 Å². The number of carbonyl (C=O) groups is 1. The first kappa shape index (κ1) is 29.0. The minimum Gasteiger partial charge on any atom is -0.469 e. The maximum absolute atomic E-state index is 14.5. The number of hydrogen-bond acceptors (Lipinski definition) is 6. The number of aliphatic hydroxyl groups excluding tert-OH is 2. The summed E-state index contributed by atoms with van der Waals surface area (Å²) in [6.07, 6.45) is -3.59. The smallest absolute Gasteiger partial charge is 0.248 e. The second-order valence-electron chi connectivity index (χ2n) is 9.25. The third-order valence-electron chi connectivity index (χ3n) is 6.18. The van der Waals surface area contributed by atoms with E-state index in [0.29, 0.717) is 18.4 Å². The van der Waals surface area contributed by atoms with Crippen LogP contribution in [0.4, 0.5) is 8.78 Å². The summed E-state index contributed by atoms with van der Waals surface area (Å²) >= 11 is 0. The molecule has 7 nitrogen and oxygen atoms in total. The lowest BCUT2D eigenvalue weighted by Crippen LogP contribution is -2.60. The number of benzene rings is 3. The fraction of sp³-hybridized carbons (Fsp3) is 0.345. The third kappa shape index (κ3) is 7.50. The zero-order chi connectivity index (χ0) is 27.8. The van der Waals surface area contributed by atoms with E-state index < -0.39 is 48.2 Å². The summed E-state index contributed by atoms with van der Waals surface area (Å²) in [7, 11) is 0. The van der Waals surface area contributed by atoms with Gasteiger partial charge in [-0.2, -0.15) is 0 Å². The van der Waals surface area contributed by atoms with Gasteiger partial charge in [0.2, 0.25) is 5.91 Å². The zero-order valence-electron chi connectivity index (χ0n) is 21.6. The van der Waals surface area contributed by atoms with Gasteiger partial charge in [-0.1, -0.05) is 36.4 Å². The van der Waals surface area contributed by atoms with Crippen molar-refractivity contribution in [3.8, 4) is 11.5 Å². The minimum absolute atomic E-state index is 0.0899. The normalized spacial score (nSPS) is 15.4. The highest BCUT2D eigenvalue weighted by Crippen LogP contribution is 2.28. The quantitative estimate of drug-likeness (QED) is 0.287. The molecule has 0 heterocycles. The fourth-order valence-corrected chi connectivity index (χ4v) is 4.16. The fourth-order valence-electron chi connectivity index (χ4n) is 4.16. The Morgan fingerprint density at radius 1 is 0.816 bits per heavy atom. The topological polar surface area (TPSA) is 105 Å². The molecule has 4 unspecified atom stereocenters. The van der Waals surface area contributed by atoms with Crippen LogP contribution in [0.15, 0.2) is 72.8 Å². The average Bonchev–Trinajstić information content (AvgIpc) is 2.88. The van der Waals surface area contributed by atoms with Crippen LogP contribution in [0.3, 0.4) is 0 Å². The Morgan fingerprint density at radius 3 is 1.66 bits per heavy atom. The van der Waals surface area contributed by atoms with Gasteiger partial charge in [0.15, 0.2) is 35.6 Å². The SMILES string of the molecule is CC(O)C(Oc1ccccc1F)N(C(C)CCc1ccc(C(N)=O)cc1)[C@H](Oc1ccccc1F)C(C)O. The Balaban J connectivity index is 1.95. The summed E-state index contributed by atoms with van der Waals surface area (Å²) in [5, 5.41) is 21.5. The largest absolute Gasteiger partial charge is 0.469 e. The van der Waals surface area contributed by atoms with Crippen molar-refractivity contribution in [2.75, 3.05) is 0 Å². The first-order chi connectivity index (χ1) is 18.1. The number of primary amides is 1. The van der Waals surface area contributed by atoms with Gasteiger partial charge in [0.05, 0.1) is 0 Å². The lowest BCUT2D eigenvalue weighted by molar-refractivity contribution is -0.169. The molecule has 3 aromatic carbocycles. The molecule has 0 fully saturated rings. The number of carbonyl (C=O) groups excluding carboxylic acids is 1. The minimum atomic E-state index is -1.16. The van der Waals surface area contributed by atoms with E-state index in [4.69, 9.17) is 15.2 Å². The van der Waals surface area contributed by atoms with Crippen molar-refractivity contribution in [3.63, 3.8) is 0 Å². The number of rotatable bonds is 13. The Bertz CT molecular complexity index is 1130. The summed E-state index contributed by atoms with van der Waals surface area (Å²) in [6, 6.07) is 18.0. The summed E-state index contributed by atoms with van der Waals surface area (Å²) in [5.41, 5.74) is 6.64. The van der Waals surface area contributed by atoms with E-state index in [-0.39, 0.29) is 11.5 Å². The van der Waals surface area contributed by atoms with E-state index in [1.807, 2.05) is 6.92 Å². The van der Waals surface area contributed by atoms with Gasteiger partial charge in [-0.15, -0.1) is 0 Å². The highest BCUT2D eigenvalue weighted by molar-refractivity contribution is 5.92. The second kappa shape index (κ2) is 13.3. The highest BCUT2D eigenvalue weighted by atomic mass is 19.1. The van der Waals surface area contributed by atoms with Crippen LogP contribution in [0.25, 0.3) is 0 Å². The zero-order valence-corrected chi connectivity index (χ0v) is 21.6. The molecule has 3 rings (SSSR count). The number of nitrogens with two attached hydrogens (primary N) is 1. The first-order valence-electron chi connectivity index (χ1n) is 12.4. The number of halogens is 2. The predicted molar refractivity (Wildman–Crippen MR) is 140 cm³/mol. The molecule has 3 aromatic rings. The number of para-hydroxylation sites is 2. The summed E-state index contributed by atoms with van der Waals surface area (Å²) < 4.78 is 40.9. The summed E-state index contributed by atoms with van der Waals surface area (Å²) in [6.45, 7) is 4.81. The Morgan fingerprint density at radius 2 is 1.26 bits per heavy atom. The molecule has 0 aromatic heterocycles. The number of aliphatic hydroxyl groups is 2. The Labute approximate surface area is 221 Å². The van der Waals surface area contributed by atoms with Crippen molar-refractivity contribution >= 4 is 5.91 Å². The van der Waals surface area contributed by atoms with Gasteiger partial charge < -0.3 is 25.4 Å². The van der Waals surface area contributed by atoms with Crippen molar-refractivity contribution in [1.82, 2.24) is 4.90 Å². The van der Waals surface area contributed by atoms with Gasteiger partial charge in [0.25, 0.3) is 0 Å². The molecule has 0 spiro atoms. The van der Waals surface area contributed by atoms with Crippen LogP contribution in [0, 0.1) is 11.6 Å². The van der Waals surface area contributed by atoms with Crippen LogP contribution in [-0.4, -0.2) is 51.7 Å². The number of aryl methyl sites for hydroxylation is 1. The first-order valence-corrected chi connectivity index (χ1v) is 12.4. The van der Waals surface area contributed by atoms with Crippen molar-refractivity contribution in [2.24, 2.45) is 5.73 Å². The van der Waals surface area contributed by atoms with E-state index >= 15 is 0 Å². The van der Waals surface area contributed by atoms with Gasteiger partial charge in [0.1, 0.15) is 12.2 Å². The molecule has 5 atom stereocenters. The van der Waals surface area contributed by atoms with Gasteiger partial charge in [-0.05, 0) is 75.6 Å². The average molecular weight is 529 g/mol. The van der Waals surface area contributed by atoms with E-state index in [1.54, 1.807) is 41.3 Å². The maximum Gasteiger partial charge on any atom is 0.248 e. The standard InChI is InChI=1S/C29H34F2N2O5/c1-18(12-13-21-14-16-22(17-15-21)27(32)36)33(28(19(2)34)37-25-10-6-4-8-23(25)30)29(20(3)35)38-26-11-7-5-9-24(26)31/h4-11,14-20,28-29,34-35H,12-13H2,1-3H3,(H2,32,36)/t18?,19?,20?,28-,29?/m1/s1. The van der Waals surface area contributed by atoms with Crippen molar-refractivity contribution in [3.05, 3.63) is 95.6 Å². The van der Waals surface area contributed by atoms with Crippen molar-refractivity contribution < 1.29 is 33.3 Å². The predicted octanol–water partition coefficient (Wildman–Crippen LogP) is 4.26. The van der Waals surface area contributed by atoms with Gasteiger partial charge >= 0.3 is 0 Å². The molecule has 0 saturated heterocycles. The molecule has 0 aliphatic rings. The summed E-state index contributed by atoms with van der Waals surface area (Å²) in [5.74, 6) is -1.94. The molecular weight excluding hydrogens is 494 g/mol. The van der Waals surface area contributed by atoms with E-state index in [1.165, 1.54) is 50.2 Å². The number of hydrogen-bond donors (Lipinski definition) is 3. The molecule has 0 saturated carbocycles. The van der Waals surface area contributed by atoms with Crippen molar-refractivity contribution in [2.45, 2.75) is 64.3 Å². The van der Waals surface area contributed by atoms with Crippen LogP contribution >= 0.6 is 0 Å². The van der Waals surface area contributed by atoms with E-state index in [0.717, 1.165) is 5.56 Å². The van der Waals surface area contributed by atoms with Crippen LogP contribution in [-0.2, 0) is 6.42 Å². The number of ether oxygens (including phenoxy) is 2. The molecule has 0 aliphatic carbocycles. The lowest BCUT2D eigenvalue weighted by atomic mass is 10.0. The second-order valence-corrected chi connectivity index (χ2v) is 9.25. The molecule has 9 heteroatoms. The van der Waals surface area contributed by atoms with Crippen LogP contribution in [0.1, 0.15) is 43.1 Å². The molecule has 0 bridgehead atoms. The number of amides is 1. The monoisotopic (exact) mass is 528 g/mol. The van der Waals surface area contributed by atoms with E-state index in [2.05, 4.69) is 0 Å². The van der Waals surface area contributed by atoms with Crippen molar-refractivity contribution in [1.29, 1.82) is 0 Å². The molecule has 38 heavy (non-hydrogen) atoms. The molecule has 0 radical (unpaired) electrons.